The Balaban J connectivity index is 2.01. The minimum atomic E-state index is -0.327. The summed E-state index contributed by atoms with van der Waals surface area (Å²) in [5.41, 5.74) is 4.12. The molecule has 2 aromatic carbocycles. The summed E-state index contributed by atoms with van der Waals surface area (Å²) in [6.07, 6.45) is 2.50. The van der Waals surface area contributed by atoms with Crippen molar-refractivity contribution in [1.29, 1.82) is 5.26 Å². The number of nitrogens with zero attached hydrogens (tertiary/aromatic N) is 2. The summed E-state index contributed by atoms with van der Waals surface area (Å²) >= 11 is 0. The van der Waals surface area contributed by atoms with Gasteiger partial charge in [-0.05, 0) is 67.8 Å². The number of nitrogens with one attached hydrogen (secondary N) is 1. The van der Waals surface area contributed by atoms with E-state index in [2.05, 4.69) is 40.2 Å². The zero-order valence-electron chi connectivity index (χ0n) is 16.8. The van der Waals surface area contributed by atoms with Crippen molar-refractivity contribution in [2.24, 2.45) is 0 Å². The van der Waals surface area contributed by atoms with E-state index < -0.39 is 0 Å². The third-order valence-electron chi connectivity index (χ3n) is 5.12. The van der Waals surface area contributed by atoms with Crippen molar-refractivity contribution in [1.82, 2.24) is 9.88 Å². The molecule has 0 saturated carbocycles. The van der Waals surface area contributed by atoms with Crippen molar-refractivity contribution in [2.45, 2.75) is 40.2 Å². The molecule has 0 bridgehead atoms. The van der Waals surface area contributed by atoms with Crippen molar-refractivity contribution < 1.29 is 4.79 Å². The second-order valence-electron chi connectivity index (χ2n) is 7.15. The van der Waals surface area contributed by atoms with Gasteiger partial charge in [0.2, 0.25) is 0 Å². The monoisotopic (exact) mass is 371 g/mol. The first-order valence-corrected chi connectivity index (χ1v) is 9.55. The van der Waals surface area contributed by atoms with Gasteiger partial charge in [0.25, 0.3) is 5.91 Å². The summed E-state index contributed by atoms with van der Waals surface area (Å²) in [5.74, 6) is -0.327. The Bertz CT molecular complexity index is 1100. The van der Waals surface area contributed by atoms with Crippen LogP contribution in [0.3, 0.4) is 0 Å². The molecule has 1 atom stereocenters. The van der Waals surface area contributed by atoms with Crippen LogP contribution in [-0.4, -0.2) is 16.5 Å². The third kappa shape index (κ3) is 3.84. The Hall–Kier alpha value is -3.32. The third-order valence-corrected chi connectivity index (χ3v) is 5.12. The largest absolute Gasteiger partial charge is 0.349 e. The van der Waals surface area contributed by atoms with Gasteiger partial charge < -0.3 is 9.88 Å². The quantitative estimate of drug-likeness (QED) is 0.503. The van der Waals surface area contributed by atoms with Gasteiger partial charge in [0.1, 0.15) is 11.6 Å². The topological polar surface area (TPSA) is 57.8 Å². The highest BCUT2D eigenvalue weighted by atomic mass is 16.1. The van der Waals surface area contributed by atoms with Crippen LogP contribution in [0.25, 0.3) is 22.5 Å². The summed E-state index contributed by atoms with van der Waals surface area (Å²) in [6, 6.07) is 18.7. The average Bonchev–Trinajstić information content (AvgIpc) is 2.98. The first-order valence-electron chi connectivity index (χ1n) is 9.55. The summed E-state index contributed by atoms with van der Waals surface area (Å²) in [5, 5.41) is 14.7. The highest BCUT2D eigenvalue weighted by Crippen LogP contribution is 2.25. The van der Waals surface area contributed by atoms with Gasteiger partial charge in [0.15, 0.2) is 0 Å². The van der Waals surface area contributed by atoms with Crippen LogP contribution in [0.5, 0.6) is 0 Å². The first kappa shape index (κ1) is 19.4. The molecule has 0 spiro atoms. The van der Waals surface area contributed by atoms with Gasteiger partial charge in [-0.15, -0.1) is 0 Å². The fraction of sp³-hybridized carbons (Fsp3) is 0.250. The molecule has 1 N–H and O–H groups in total. The van der Waals surface area contributed by atoms with E-state index >= 15 is 0 Å². The molecule has 0 aliphatic rings. The lowest BCUT2D eigenvalue weighted by atomic mass is 10.1. The molecule has 0 unspecified atom stereocenters. The number of amides is 1. The number of benzene rings is 2. The number of hydrogen-bond donors (Lipinski definition) is 1. The van der Waals surface area contributed by atoms with E-state index in [4.69, 9.17) is 0 Å². The van der Waals surface area contributed by atoms with Gasteiger partial charge in [-0.3, -0.25) is 4.79 Å². The van der Waals surface area contributed by atoms with Gasteiger partial charge in [-0.25, -0.2) is 0 Å². The molecule has 0 saturated heterocycles. The second-order valence-corrected chi connectivity index (χ2v) is 7.15. The van der Waals surface area contributed by atoms with E-state index in [9.17, 15) is 10.1 Å². The minimum Gasteiger partial charge on any atom is -0.349 e. The standard InChI is InChI=1S/C24H25N3O/c1-5-16(2)26-24(28)22(15-25)13-21-12-17(3)27(18(21)4)23-11-10-19-8-6-7-9-20(19)14-23/h6-14,16H,5H2,1-4H3,(H,26,28)/b22-13+/t16-/m1/s1. The zero-order chi connectivity index (χ0) is 20.3. The lowest BCUT2D eigenvalue weighted by Gasteiger charge is -2.11. The number of carbonyl (C=O) groups excluding carboxylic acids is 1. The molecule has 1 aromatic heterocycles. The maximum atomic E-state index is 12.4. The second kappa shape index (κ2) is 8.14. The number of fused-ring (bicyclic) bond motifs is 1. The molecular formula is C24H25N3O. The Morgan fingerprint density at radius 1 is 1.18 bits per heavy atom. The van der Waals surface area contributed by atoms with Crippen molar-refractivity contribution >= 4 is 22.8 Å². The number of rotatable bonds is 5. The van der Waals surface area contributed by atoms with Crippen LogP contribution >= 0.6 is 0 Å². The van der Waals surface area contributed by atoms with Crippen LogP contribution in [0.2, 0.25) is 0 Å². The maximum absolute atomic E-state index is 12.4. The zero-order valence-corrected chi connectivity index (χ0v) is 16.8. The Morgan fingerprint density at radius 2 is 1.89 bits per heavy atom. The van der Waals surface area contributed by atoms with Crippen LogP contribution in [0.4, 0.5) is 0 Å². The van der Waals surface area contributed by atoms with Gasteiger partial charge in [0.05, 0.1) is 0 Å². The summed E-state index contributed by atoms with van der Waals surface area (Å²) in [6.45, 7) is 7.97. The van der Waals surface area contributed by atoms with E-state index in [0.29, 0.717) is 0 Å². The molecule has 1 amide bonds. The predicted octanol–water partition coefficient (Wildman–Crippen LogP) is 5.07. The van der Waals surface area contributed by atoms with Gasteiger partial charge in [0, 0.05) is 23.1 Å². The average molecular weight is 371 g/mol. The first-order chi connectivity index (χ1) is 13.4. The molecule has 142 valence electrons. The summed E-state index contributed by atoms with van der Waals surface area (Å²) < 4.78 is 2.15. The molecule has 0 radical (unpaired) electrons. The van der Waals surface area contributed by atoms with Crippen LogP contribution in [0, 0.1) is 25.2 Å². The molecule has 4 heteroatoms. The molecule has 1 heterocycles. The van der Waals surface area contributed by atoms with Crippen molar-refractivity contribution in [2.75, 3.05) is 0 Å². The van der Waals surface area contributed by atoms with Gasteiger partial charge in [-0.2, -0.15) is 5.26 Å². The molecule has 0 aliphatic heterocycles. The molecule has 4 nitrogen and oxygen atoms in total. The Morgan fingerprint density at radius 3 is 2.57 bits per heavy atom. The molecular weight excluding hydrogens is 346 g/mol. The van der Waals surface area contributed by atoms with Crippen LogP contribution < -0.4 is 5.32 Å². The van der Waals surface area contributed by atoms with Gasteiger partial charge >= 0.3 is 0 Å². The normalized spacial score (nSPS) is 12.6. The number of aromatic nitrogens is 1. The highest BCUT2D eigenvalue weighted by Gasteiger charge is 2.15. The predicted molar refractivity (Wildman–Crippen MR) is 114 cm³/mol. The minimum absolute atomic E-state index is 0.0364. The van der Waals surface area contributed by atoms with Crippen LogP contribution in [-0.2, 0) is 4.79 Å². The number of carbonyl (C=O) groups is 1. The van der Waals surface area contributed by atoms with Crippen molar-refractivity contribution in [3.63, 3.8) is 0 Å². The van der Waals surface area contributed by atoms with E-state index in [1.54, 1.807) is 6.08 Å². The SMILES string of the molecule is CC[C@@H](C)NC(=O)/C(C#N)=C/c1cc(C)n(-c2ccc3ccccc3c2)c1C. The lowest BCUT2D eigenvalue weighted by molar-refractivity contribution is -0.117. The molecule has 0 aliphatic carbocycles. The fourth-order valence-electron chi connectivity index (χ4n) is 3.35. The van der Waals surface area contributed by atoms with Crippen LogP contribution in [0.15, 0.2) is 54.1 Å². The van der Waals surface area contributed by atoms with Gasteiger partial charge in [-0.1, -0.05) is 37.3 Å². The Labute approximate surface area is 166 Å². The van der Waals surface area contributed by atoms with Crippen LogP contribution in [0.1, 0.15) is 37.2 Å². The van der Waals surface area contributed by atoms with E-state index in [1.807, 2.05) is 52.0 Å². The maximum Gasteiger partial charge on any atom is 0.262 e. The molecule has 3 aromatic rings. The van der Waals surface area contributed by atoms with E-state index in [1.165, 1.54) is 10.8 Å². The molecule has 0 fully saturated rings. The molecule has 28 heavy (non-hydrogen) atoms. The fourth-order valence-corrected chi connectivity index (χ4v) is 3.35. The number of nitriles is 1. The lowest BCUT2D eigenvalue weighted by Crippen LogP contribution is -2.32. The highest BCUT2D eigenvalue weighted by molar-refractivity contribution is 6.02. The van der Waals surface area contributed by atoms with Crippen molar-refractivity contribution in [3.8, 4) is 11.8 Å². The number of aryl methyl sites for hydroxylation is 1. The summed E-state index contributed by atoms with van der Waals surface area (Å²) in [4.78, 5) is 12.4. The van der Waals surface area contributed by atoms with E-state index in [0.717, 1.165) is 29.1 Å². The van der Waals surface area contributed by atoms with Crippen molar-refractivity contribution in [3.05, 3.63) is 71.1 Å². The number of hydrogen-bond acceptors (Lipinski definition) is 2. The summed E-state index contributed by atoms with van der Waals surface area (Å²) in [7, 11) is 0. The smallest absolute Gasteiger partial charge is 0.262 e. The Kier molecular flexibility index (Phi) is 5.65. The molecule has 3 rings (SSSR count). The van der Waals surface area contributed by atoms with E-state index in [-0.39, 0.29) is 17.5 Å².